The summed E-state index contributed by atoms with van der Waals surface area (Å²) in [5.41, 5.74) is 2.99. The molecule has 0 bridgehead atoms. The number of anilines is 1. The smallest absolute Gasteiger partial charge is 0.239 e. The zero-order chi connectivity index (χ0) is 19.0. The lowest BCUT2D eigenvalue weighted by Gasteiger charge is -2.21. The number of hydrogen-bond acceptors (Lipinski definition) is 2. The third kappa shape index (κ3) is 7.38. The number of carbonyl (C=O) groups is 1. The fourth-order valence-corrected chi connectivity index (χ4v) is 2.29. The fourth-order valence-electron chi connectivity index (χ4n) is 2.29. The molecule has 0 saturated heterocycles. The summed E-state index contributed by atoms with van der Waals surface area (Å²) in [7, 11) is 0. The Labute approximate surface area is 155 Å². The van der Waals surface area contributed by atoms with Gasteiger partial charge >= 0.3 is 0 Å². The zero-order valence-corrected chi connectivity index (χ0v) is 16.0. The predicted octanol–water partition coefficient (Wildman–Crippen LogP) is 3.47. The number of aliphatic imine (C=N–C) groups is 1. The van der Waals surface area contributed by atoms with Crippen LogP contribution in [0.4, 0.5) is 5.69 Å². The molecule has 0 aliphatic heterocycles. The fraction of sp³-hybridized carbons (Fsp3) is 0.333. The summed E-state index contributed by atoms with van der Waals surface area (Å²) in [5.74, 6) is 0.497. The van der Waals surface area contributed by atoms with Gasteiger partial charge in [0.05, 0.1) is 13.1 Å². The summed E-state index contributed by atoms with van der Waals surface area (Å²) in [5, 5.41) is 9.27. The van der Waals surface area contributed by atoms with E-state index in [4.69, 9.17) is 0 Å². The molecule has 2 aromatic carbocycles. The third-order valence-electron chi connectivity index (χ3n) is 3.51. The van der Waals surface area contributed by atoms with Crippen molar-refractivity contribution in [2.45, 2.75) is 39.8 Å². The molecule has 0 unspecified atom stereocenters. The van der Waals surface area contributed by atoms with Crippen LogP contribution in [0.1, 0.15) is 31.9 Å². The number of benzene rings is 2. The number of rotatable bonds is 5. The number of guanidine groups is 1. The third-order valence-corrected chi connectivity index (χ3v) is 3.51. The minimum Gasteiger partial charge on any atom is -0.350 e. The highest BCUT2D eigenvalue weighted by Crippen LogP contribution is 2.07. The maximum atomic E-state index is 12.1. The van der Waals surface area contributed by atoms with Crippen molar-refractivity contribution in [3.8, 4) is 0 Å². The molecule has 26 heavy (non-hydrogen) atoms. The molecule has 0 aromatic heterocycles. The summed E-state index contributed by atoms with van der Waals surface area (Å²) in [6.07, 6.45) is 0. The SMILES string of the molecule is Cc1ccc(CN=C(NCC(=O)NC(C)(C)C)Nc2ccccc2)cc1. The topological polar surface area (TPSA) is 65.5 Å². The van der Waals surface area contributed by atoms with Crippen molar-refractivity contribution < 1.29 is 4.79 Å². The van der Waals surface area contributed by atoms with E-state index in [1.165, 1.54) is 5.56 Å². The van der Waals surface area contributed by atoms with Crippen molar-refractivity contribution in [3.05, 3.63) is 65.7 Å². The Kier molecular flexibility index (Phi) is 6.78. The first-order chi connectivity index (χ1) is 12.3. The van der Waals surface area contributed by atoms with Crippen molar-refractivity contribution in [1.29, 1.82) is 0 Å². The number of amides is 1. The summed E-state index contributed by atoms with van der Waals surface area (Å²) in [6, 6.07) is 18.0. The highest BCUT2D eigenvalue weighted by Gasteiger charge is 2.13. The molecule has 5 nitrogen and oxygen atoms in total. The Morgan fingerprint density at radius 2 is 1.65 bits per heavy atom. The lowest BCUT2D eigenvalue weighted by atomic mass is 10.1. The maximum absolute atomic E-state index is 12.1. The maximum Gasteiger partial charge on any atom is 0.239 e. The van der Waals surface area contributed by atoms with Gasteiger partial charge in [0.2, 0.25) is 5.91 Å². The van der Waals surface area contributed by atoms with Gasteiger partial charge < -0.3 is 16.0 Å². The highest BCUT2D eigenvalue weighted by atomic mass is 16.2. The van der Waals surface area contributed by atoms with Gasteiger partial charge in [0, 0.05) is 11.2 Å². The minimum absolute atomic E-state index is 0.0737. The monoisotopic (exact) mass is 352 g/mol. The minimum atomic E-state index is -0.259. The average Bonchev–Trinajstić information content (AvgIpc) is 2.58. The highest BCUT2D eigenvalue weighted by molar-refractivity contribution is 5.95. The van der Waals surface area contributed by atoms with Crippen LogP contribution < -0.4 is 16.0 Å². The number of nitrogens with zero attached hydrogens (tertiary/aromatic N) is 1. The van der Waals surface area contributed by atoms with Crippen LogP contribution in [0, 0.1) is 6.92 Å². The van der Waals surface area contributed by atoms with Crippen LogP contribution >= 0.6 is 0 Å². The Morgan fingerprint density at radius 3 is 2.27 bits per heavy atom. The van der Waals surface area contributed by atoms with Crippen LogP contribution in [0.15, 0.2) is 59.6 Å². The molecule has 2 aromatic rings. The van der Waals surface area contributed by atoms with Gasteiger partial charge in [-0.1, -0.05) is 48.0 Å². The van der Waals surface area contributed by atoms with E-state index in [1.807, 2.05) is 51.1 Å². The molecular weight excluding hydrogens is 324 g/mol. The second-order valence-electron chi connectivity index (χ2n) is 7.29. The van der Waals surface area contributed by atoms with E-state index in [9.17, 15) is 4.79 Å². The number of carbonyl (C=O) groups excluding carboxylic acids is 1. The van der Waals surface area contributed by atoms with Crippen LogP contribution in [0.25, 0.3) is 0 Å². The van der Waals surface area contributed by atoms with Crippen molar-refractivity contribution in [1.82, 2.24) is 10.6 Å². The van der Waals surface area contributed by atoms with Gasteiger partial charge in [-0.05, 0) is 45.4 Å². The van der Waals surface area contributed by atoms with Crippen molar-refractivity contribution >= 4 is 17.6 Å². The van der Waals surface area contributed by atoms with E-state index < -0.39 is 0 Å². The number of para-hydroxylation sites is 1. The standard InChI is InChI=1S/C21H28N4O/c1-16-10-12-17(13-11-16)14-22-20(24-18-8-6-5-7-9-18)23-15-19(26)25-21(2,3)4/h5-13H,14-15H2,1-4H3,(H,25,26)(H2,22,23,24). The van der Waals surface area contributed by atoms with E-state index in [-0.39, 0.29) is 18.0 Å². The first-order valence-corrected chi connectivity index (χ1v) is 8.79. The lowest BCUT2D eigenvalue weighted by molar-refractivity contribution is -0.121. The van der Waals surface area contributed by atoms with Crippen molar-refractivity contribution in [2.24, 2.45) is 4.99 Å². The van der Waals surface area contributed by atoms with Gasteiger partial charge in [-0.2, -0.15) is 0 Å². The Hall–Kier alpha value is -2.82. The zero-order valence-electron chi connectivity index (χ0n) is 16.0. The summed E-state index contributed by atoms with van der Waals surface area (Å²) in [6.45, 7) is 8.62. The van der Waals surface area contributed by atoms with Crippen LogP contribution in [0.5, 0.6) is 0 Å². The number of nitrogens with one attached hydrogen (secondary N) is 3. The molecule has 0 saturated carbocycles. The van der Waals surface area contributed by atoms with Crippen molar-refractivity contribution in [2.75, 3.05) is 11.9 Å². The molecule has 3 N–H and O–H groups in total. The molecule has 2 rings (SSSR count). The van der Waals surface area contributed by atoms with E-state index >= 15 is 0 Å². The molecule has 0 aliphatic rings. The second kappa shape index (κ2) is 9.04. The predicted molar refractivity (Wildman–Crippen MR) is 108 cm³/mol. The van der Waals surface area contributed by atoms with Crippen molar-refractivity contribution in [3.63, 3.8) is 0 Å². The van der Waals surface area contributed by atoms with Gasteiger partial charge in [0.25, 0.3) is 0 Å². The van der Waals surface area contributed by atoms with Crippen LogP contribution in [0.3, 0.4) is 0 Å². The first kappa shape index (κ1) is 19.5. The van der Waals surface area contributed by atoms with E-state index in [0.29, 0.717) is 12.5 Å². The molecular formula is C21H28N4O. The first-order valence-electron chi connectivity index (χ1n) is 8.79. The van der Waals surface area contributed by atoms with Gasteiger partial charge in [-0.25, -0.2) is 4.99 Å². The Balaban J connectivity index is 2.04. The van der Waals surface area contributed by atoms with E-state index in [0.717, 1.165) is 11.3 Å². The molecule has 1 amide bonds. The molecule has 0 spiro atoms. The number of aryl methyl sites for hydroxylation is 1. The average molecular weight is 352 g/mol. The van der Waals surface area contributed by atoms with Crippen LogP contribution in [-0.4, -0.2) is 24.0 Å². The van der Waals surface area contributed by atoms with Gasteiger partial charge in [-0.15, -0.1) is 0 Å². The van der Waals surface area contributed by atoms with E-state index in [1.54, 1.807) is 0 Å². The van der Waals surface area contributed by atoms with Crippen LogP contribution in [-0.2, 0) is 11.3 Å². The largest absolute Gasteiger partial charge is 0.350 e. The summed E-state index contributed by atoms with van der Waals surface area (Å²) >= 11 is 0. The molecule has 5 heteroatoms. The summed E-state index contributed by atoms with van der Waals surface area (Å²) < 4.78 is 0. The quantitative estimate of drug-likeness (QED) is 0.570. The second-order valence-corrected chi connectivity index (χ2v) is 7.29. The van der Waals surface area contributed by atoms with E-state index in [2.05, 4.69) is 52.1 Å². The Bertz CT molecular complexity index is 731. The molecule has 0 fully saturated rings. The molecule has 0 atom stereocenters. The number of hydrogen-bond donors (Lipinski definition) is 3. The molecule has 138 valence electrons. The molecule has 0 heterocycles. The molecule has 0 radical (unpaired) electrons. The van der Waals surface area contributed by atoms with Gasteiger partial charge in [-0.3, -0.25) is 4.79 Å². The van der Waals surface area contributed by atoms with Crippen LogP contribution in [0.2, 0.25) is 0 Å². The van der Waals surface area contributed by atoms with Gasteiger partial charge in [0.15, 0.2) is 5.96 Å². The molecule has 0 aliphatic carbocycles. The van der Waals surface area contributed by atoms with Gasteiger partial charge in [0.1, 0.15) is 0 Å². The normalized spacial score (nSPS) is 11.8. The lowest BCUT2D eigenvalue weighted by Crippen LogP contribution is -2.46. The summed E-state index contributed by atoms with van der Waals surface area (Å²) in [4.78, 5) is 16.7. The Morgan fingerprint density at radius 1 is 1.00 bits per heavy atom.